The topological polar surface area (TPSA) is 116 Å². The van der Waals surface area contributed by atoms with E-state index in [1.807, 2.05) is 6.07 Å². The quantitative estimate of drug-likeness (QED) is 0.338. The van der Waals surface area contributed by atoms with Gasteiger partial charge in [-0.15, -0.1) is 0 Å². The Labute approximate surface area is 114 Å². The zero-order valence-corrected chi connectivity index (χ0v) is 10.5. The van der Waals surface area contributed by atoms with Crippen LogP contribution in [0.1, 0.15) is 0 Å². The van der Waals surface area contributed by atoms with Crippen LogP contribution < -0.4 is 15.4 Å². The number of ether oxygens (including phenoxy) is 1. The molecule has 1 aromatic carbocycles. The van der Waals surface area contributed by atoms with Crippen molar-refractivity contribution < 1.29 is 14.3 Å². The van der Waals surface area contributed by atoms with Gasteiger partial charge in [-0.1, -0.05) is 23.3 Å². The lowest BCUT2D eigenvalue weighted by atomic mass is 9.99. The second kappa shape index (κ2) is 6.44. The highest BCUT2D eigenvalue weighted by Gasteiger charge is 2.39. The zero-order valence-electron chi connectivity index (χ0n) is 10.5. The summed E-state index contributed by atoms with van der Waals surface area (Å²) in [6, 6.07) is 7.85. The molecule has 1 fully saturated rings. The molecular weight excluding hydrogens is 262 g/mol. The molecule has 8 nitrogen and oxygen atoms in total. The van der Waals surface area contributed by atoms with Gasteiger partial charge < -0.3 is 15.4 Å². The van der Waals surface area contributed by atoms with E-state index in [-0.39, 0.29) is 25.1 Å². The predicted octanol–water partition coefficient (Wildman–Crippen LogP) is 0.359. The van der Waals surface area contributed by atoms with E-state index in [1.54, 1.807) is 24.3 Å². The zero-order chi connectivity index (χ0) is 14.4. The number of nitrogens with zero attached hydrogens (tertiary/aromatic N) is 3. The molecule has 1 aromatic rings. The van der Waals surface area contributed by atoms with Crippen LogP contribution in [0.3, 0.4) is 0 Å². The van der Waals surface area contributed by atoms with Gasteiger partial charge in [0.1, 0.15) is 11.8 Å². The van der Waals surface area contributed by atoms with Crippen LogP contribution in [-0.4, -0.2) is 37.0 Å². The number of nitrogens with one attached hydrogen (secondary N) is 2. The van der Waals surface area contributed by atoms with Crippen LogP contribution in [-0.2, 0) is 9.59 Å². The van der Waals surface area contributed by atoms with Gasteiger partial charge >= 0.3 is 0 Å². The maximum absolute atomic E-state index is 11.7. The Balaban J connectivity index is 1.79. The third-order valence-corrected chi connectivity index (χ3v) is 2.78. The third kappa shape index (κ3) is 3.39. The fourth-order valence-electron chi connectivity index (χ4n) is 1.76. The minimum Gasteiger partial charge on any atom is -0.484 e. The molecule has 104 valence electrons. The van der Waals surface area contributed by atoms with Gasteiger partial charge in [-0.25, -0.2) is 0 Å². The molecule has 1 heterocycles. The lowest BCUT2D eigenvalue weighted by molar-refractivity contribution is -0.136. The fourth-order valence-corrected chi connectivity index (χ4v) is 1.76. The van der Waals surface area contributed by atoms with E-state index >= 15 is 0 Å². The molecule has 0 aromatic heterocycles. The summed E-state index contributed by atoms with van der Waals surface area (Å²) in [5, 5.41) is 8.45. The number of benzene rings is 1. The minimum atomic E-state index is -0.674. The summed E-state index contributed by atoms with van der Waals surface area (Å²) in [6.07, 6.45) is 0. The molecular formula is C12H13N5O3. The number of azide groups is 1. The largest absolute Gasteiger partial charge is 0.484 e. The predicted molar refractivity (Wildman–Crippen MR) is 69.8 cm³/mol. The van der Waals surface area contributed by atoms with E-state index in [0.717, 1.165) is 0 Å². The summed E-state index contributed by atoms with van der Waals surface area (Å²) in [4.78, 5) is 25.6. The van der Waals surface area contributed by atoms with E-state index in [9.17, 15) is 9.59 Å². The first-order chi connectivity index (χ1) is 9.70. The molecule has 2 rings (SSSR count). The summed E-state index contributed by atoms with van der Waals surface area (Å²) in [6.45, 7) is -0.0746. The van der Waals surface area contributed by atoms with Crippen molar-refractivity contribution in [1.82, 2.24) is 10.6 Å². The first-order valence-electron chi connectivity index (χ1n) is 5.99. The van der Waals surface area contributed by atoms with E-state index in [2.05, 4.69) is 20.7 Å². The number of β-lactam (4-membered cyclic amide) rings is 1. The smallest absolute Gasteiger partial charge is 0.258 e. The van der Waals surface area contributed by atoms with Crippen molar-refractivity contribution in [2.24, 2.45) is 5.11 Å². The number of amides is 2. The molecule has 0 aliphatic carbocycles. The molecule has 20 heavy (non-hydrogen) atoms. The average molecular weight is 275 g/mol. The first-order valence-corrected chi connectivity index (χ1v) is 5.99. The number of carbonyl (C=O) groups is 2. The molecule has 1 saturated heterocycles. The standard InChI is InChI=1S/C12H13N5O3/c13-17-14-6-9-11(12(19)15-9)16-10(18)7-20-8-4-2-1-3-5-8/h1-5,9,11H,6-7H2,(H,15,19)(H,16,18)/t9-,11+/m0/s1. The summed E-state index contributed by atoms with van der Waals surface area (Å²) in [5.41, 5.74) is 8.22. The van der Waals surface area contributed by atoms with E-state index in [0.29, 0.717) is 5.75 Å². The van der Waals surface area contributed by atoms with Crippen LogP contribution in [0.4, 0.5) is 0 Å². The summed E-state index contributed by atoms with van der Waals surface area (Å²) >= 11 is 0. The van der Waals surface area contributed by atoms with E-state index < -0.39 is 11.9 Å². The van der Waals surface area contributed by atoms with Gasteiger partial charge in [0.15, 0.2) is 6.61 Å². The molecule has 8 heteroatoms. The highest BCUT2D eigenvalue weighted by molar-refractivity contribution is 5.93. The lowest BCUT2D eigenvalue weighted by Crippen LogP contribution is -2.70. The number of para-hydroxylation sites is 1. The van der Waals surface area contributed by atoms with E-state index in [1.165, 1.54) is 0 Å². The van der Waals surface area contributed by atoms with Gasteiger partial charge in [-0.05, 0) is 17.7 Å². The highest BCUT2D eigenvalue weighted by atomic mass is 16.5. The van der Waals surface area contributed by atoms with Crippen molar-refractivity contribution in [2.75, 3.05) is 13.2 Å². The van der Waals surface area contributed by atoms with Crippen molar-refractivity contribution in [2.45, 2.75) is 12.1 Å². The Kier molecular flexibility index (Phi) is 4.41. The van der Waals surface area contributed by atoms with Crippen LogP contribution in [0, 0.1) is 0 Å². The molecule has 2 N–H and O–H groups in total. The second-order valence-electron chi connectivity index (χ2n) is 4.18. The second-order valence-corrected chi connectivity index (χ2v) is 4.18. The summed E-state index contributed by atoms with van der Waals surface area (Å²) in [5.74, 6) is -0.123. The van der Waals surface area contributed by atoms with Crippen LogP contribution in [0.25, 0.3) is 10.4 Å². The van der Waals surface area contributed by atoms with Crippen molar-refractivity contribution in [3.8, 4) is 5.75 Å². The molecule has 0 unspecified atom stereocenters. The van der Waals surface area contributed by atoms with Crippen LogP contribution in [0.5, 0.6) is 5.75 Å². The van der Waals surface area contributed by atoms with Crippen LogP contribution >= 0.6 is 0 Å². The number of carbonyl (C=O) groups excluding carboxylic acids is 2. The molecule has 0 spiro atoms. The van der Waals surface area contributed by atoms with Crippen molar-refractivity contribution >= 4 is 11.8 Å². The van der Waals surface area contributed by atoms with E-state index in [4.69, 9.17) is 10.3 Å². The molecule has 0 radical (unpaired) electrons. The molecule has 1 aliphatic rings. The van der Waals surface area contributed by atoms with Crippen molar-refractivity contribution in [3.63, 3.8) is 0 Å². The molecule has 2 amide bonds. The minimum absolute atomic E-state index is 0.104. The first kappa shape index (κ1) is 13.7. The fraction of sp³-hybridized carbons (Fsp3) is 0.333. The molecule has 2 atom stereocenters. The Morgan fingerprint density at radius 2 is 2.20 bits per heavy atom. The number of hydrogen-bond acceptors (Lipinski definition) is 4. The average Bonchev–Trinajstić information content (AvgIpc) is 2.48. The lowest BCUT2D eigenvalue weighted by Gasteiger charge is -2.36. The van der Waals surface area contributed by atoms with Gasteiger partial charge in [-0.3, -0.25) is 9.59 Å². The number of hydrogen-bond donors (Lipinski definition) is 2. The normalized spacial score (nSPS) is 20.1. The Hall–Kier alpha value is -2.73. The Bertz CT molecular complexity index is 541. The van der Waals surface area contributed by atoms with Gasteiger partial charge in [0.2, 0.25) is 5.91 Å². The maximum atomic E-state index is 11.7. The van der Waals surface area contributed by atoms with Crippen molar-refractivity contribution in [1.29, 1.82) is 0 Å². The van der Waals surface area contributed by atoms with Crippen LogP contribution in [0.2, 0.25) is 0 Å². The van der Waals surface area contributed by atoms with Gasteiger partial charge in [0.05, 0.1) is 6.04 Å². The van der Waals surface area contributed by atoms with Crippen molar-refractivity contribution in [3.05, 3.63) is 40.8 Å². The summed E-state index contributed by atoms with van der Waals surface area (Å²) in [7, 11) is 0. The third-order valence-electron chi connectivity index (χ3n) is 2.78. The summed E-state index contributed by atoms with van der Waals surface area (Å²) < 4.78 is 5.26. The van der Waals surface area contributed by atoms with Gasteiger partial charge in [0.25, 0.3) is 5.91 Å². The molecule has 1 aliphatic heterocycles. The monoisotopic (exact) mass is 275 g/mol. The number of rotatable bonds is 6. The molecule has 0 bridgehead atoms. The Morgan fingerprint density at radius 1 is 1.45 bits per heavy atom. The van der Waals surface area contributed by atoms with Gasteiger partial charge in [-0.2, -0.15) is 0 Å². The van der Waals surface area contributed by atoms with Crippen LogP contribution in [0.15, 0.2) is 35.4 Å². The van der Waals surface area contributed by atoms with Gasteiger partial charge in [0, 0.05) is 11.5 Å². The Morgan fingerprint density at radius 3 is 2.85 bits per heavy atom. The highest BCUT2D eigenvalue weighted by Crippen LogP contribution is 2.09. The SMILES string of the molecule is [N-]=[N+]=NC[C@@H]1NC(=O)[C@@H]1NC(=O)COc1ccccc1. The maximum Gasteiger partial charge on any atom is 0.258 e. The molecule has 0 saturated carbocycles.